The molecule has 0 spiro atoms. The van der Waals surface area contributed by atoms with Crippen LogP contribution in [-0.4, -0.2) is 38.3 Å². The Morgan fingerprint density at radius 1 is 1.25 bits per heavy atom. The average molecular weight is 421 g/mol. The number of sulfone groups is 1. The third-order valence-corrected chi connectivity index (χ3v) is 6.77. The fourth-order valence-electron chi connectivity index (χ4n) is 2.66. The van der Waals surface area contributed by atoms with E-state index in [1.165, 1.54) is 23.9 Å². The van der Waals surface area contributed by atoms with E-state index in [9.17, 15) is 18.0 Å². The van der Waals surface area contributed by atoms with Gasteiger partial charge >= 0.3 is 0 Å². The Morgan fingerprint density at radius 3 is 2.82 bits per heavy atom. The van der Waals surface area contributed by atoms with Crippen LogP contribution in [0.1, 0.15) is 13.3 Å². The first-order valence-corrected chi connectivity index (χ1v) is 11.3. The van der Waals surface area contributed by atoms with Crippen molar-refractivity contribution >= 4 is 44.8 Å². The highest BCUT2D eigenvalue weighted by molar-refractivity contribution is 8.00. The van der Waals surface area contributed by atoms with E-state index in [0.29, 0.717) is 28.6 Å². The zero-order chi connectivity index (χ0) is 20.1. The van der Waals surface area contributed by atoms with Gasteiger partial charge in [0.05, 0.1) is 34.4 Å². The van der Waals surface area contributed by atoms with Gasteiger partial charge in [-0.05, 0) is 37.3 Å². The Hall–Kier alpha value is -2.52. The van der Waals surface area contributed by atoms with Crippen molar-refractivity contribution in [3.63, 3.8) is 0 Å². The molecule has 2 aromatic carbocycles. The fraction of sp³-hybridized carbons (Fsp3) is 0.263. The summed E-state index contributed by atoms with van der Waals surface area (Å²) in [7, 11) is -3.63. The second kappa shape index (κ2) is 8.66. The van der Waals surface area contributed by atoms with Crippen molar-refractivity contribution in [3.8, 4) is 5.75 Å². The Balaban J connectivity index is 1.65. The molecule has 0 saturated carbocycles. The standard InChI is InChI=1S/C19H20N2O5S2/c1-2-26-16-6-4-3-5-14(16)20-18(22)9-10-28(24,25)13-7-8-15-17(11-13)27-12-19(23)21-15/h3-8,11H,2,9-10,12H2,1H3,(H,20,22)(H,21,23). The number of amides is 2. The van der Waals surface area contributed by atoms with Crippen LogP contribution >= 0.6 is 11.8 Å². The zero-order valence-corrected chi connectivity index (χ0v) is 16.9. The smallest absolute Gasteiger partial charge is 0.234 e. The van der Waals surface area contributed by atoms with E-state index in [1.807, 2.05) is 6.92 Å². The van der Waals surface area contributed by atoms with Gasteiger partial charge in [-0.1, -0.05) is 12.1 Å². The highest BCUT2D eigenvalue weighted by Gasteiger charge is 2.21. The summed E-state index contributed by atoms with van der Waals surface area (Å²) in [6.45, 7) is 2.30. The number of ether oxygens (including phenoxy) is 1. The van der Waals surface area contributed by atoms with Gasteiger partial charge in [0.2, 0.25) is 11.8 Å². The molecule has 0 saturated heterocycles. The second-order valence-corrected chi connectivity index (χ2v) is 9.17. The highest BCUT2D eigenvalue weighted by atomic mass is 32.2. The molecule has 0 aromatic heterocycles. The van der Waals surface area contributed by atoms with E-state index in [0.717, 1.165) is 0 Å². The predicted octanol–water partition coefficient (Wildman–Crippen LogP) is 2.93. The number of thioether (sulfide) groups is 1. The zero-order valence-electron chi connectivity index (χ0n) is 15.2. The average Bonchev–Trinajstić information content (AvgIpc) is 2.68. The number of hydrogen-bond donors (Lipinski definition) is 2. The van der Waals surface area contributed by atoms with Gasteiger partial charge in [0, 0.05) is 11.3 Å². The lowest BCUT2D eigenvalue weighted by atomic mass is 10.3. The highest BCUT2D eigenvalue weighted by Crippen LogP contribution is 2.33. The van der Waals surface area contributed by atoms with Crippen LogP contribution < -0.4 is 15.4 Å². The summed E-state index contributed by atoms with van der Waals surface area (Å²) in [5.41, 5.74) is 1.11. The van der Waals surface area contributed by atoms with E-state index in [2.05, 4.69) is 10.6 Å². The van der Waals surface area contributed by atoms with E-state index in [4.69, 9.17) is 4.74 Å². The molecule has 1 heterocycles. The molecule has 1 aliphatic heterocycles. The lowest BCUT2D eigenvalue weighted by molar-refractivity contribution is -0.116. The van der Waals surface area contributed by atoms with Gasteiger partial charge in [-0.25, -0.2) is 8.42 Å². The number of nitrogens with one attached hydrogen (secondary N) is 2. The molecule has 148 valence electrons. The number of benzene rings is 2. The van der Waals surface area contributed by atoms with E-state index >= 15 is 0 Å². The molecule has 0 bridgehead atoms. The number of rotatable bonds is 7. The summed E-state index contributed by atoms with van der Waals surface area (Å²) in [5, 5.41) is 5.40. The maximum absolute atomic E-state index is 12.6. The summed E-state index contributed by atoms with van der Waals surface area (Å²) < 4.78 is 30.7. The summed E-state index contributed by atoms with van der Waals surface area (Å²) in [5.74, 6) is -0.0498. The van der Waals surface area contributed by atoms with Gasteiger partial charge in [-0.15, -0.1) is 11.8 Å². The molecule has 7 nitrogen and oxygen atoms in total. The molecule has 0 unspecified atom stereocenters. The van der Waals surface area contributed by atoms with Crippen LogP contribution in [0.4, 0.5) is 11.4 Å². The van der Waals surface area contributed by atoms with Crippen molar-refractivity contribution in [1.29, 1.82) is 0 Å². The van der Waals surface area contributed by atoms with Gasteiger partial charge in [-0.2, -0.15) is 0 Å². The number of hydrogen-bond acceptors (Lipinski definition) is 6. The summed E-state index contributed by atoms with van der Waals surface area (Å²) in [6.07, 6.45) is -0.177. The lowest BCUT2D eigenvalue weighted by Crippen LogP contribution is -2.20. The second-order valence-electron chi connectivity index (χ2n) is 6.04. The summed E-state index contributed by atoms with van der Waals surface area (Å²) >= 11 is 1.29. The van der Waals surface area contributed by atoms with Crippen molar-refractivity contribution in [2.45, 2.75) is 23.1 Å². The largest absolute Gasteiger partial charge is 0.492 e. The normalized spacial score (nSPS) is 13.4. The third kappa shape index (κ3) is 4.85. The van der Waals surface area contributed by atoms with Gasteiger partial charge in [0.15, 0.2) is 9.84 Å². The minimum Gasteiger partial charge on any atom is -0.492 e. The molecule has 0 fully saturated rings. The molecule has 9 heteroatoms. The van der Waals surface area contributed by atoms with Crippen molar-refractivity contribution in [2.24, 2.45) is 0 Å². The maximum Gasteiger partial charge on any atom is 0.234 e. The number of anilines is 2. The monoisotopic (exact) mass is 420 g/mol. The minimum absolute atomic E-state index is 0.114. The van der Waals surface area contributed by atoms with Crippen molar-refractivity contribution in [3.05, 3.63) is 42.5 Å². The van der Waals surface area contributed by atoms with Gasteiger partial charge < -0.3 is 15.4 Å². The number of para-hydroxylation sites is 2. The van der Waals surface area contributed by atoms with Crippen LogP contribution in [0.5, 0.6) is 5.75 Å². The predicted molar refractivity (Wildman–Crippen MR) is 109 cm³/mol. The van der Waals surface area contributed by atoms with Gasteiger partial charge in [0.1, 0.15) is 5.75 Å². The molecule has 3 rings (SSSR count). The minimum atomic E-state index is -3.63. The first kappa shape index (κ1) is 20.2. The van der Waals surface area contributed by atoms with Gasteiger partial charge in [0.25, 0.3) is 0 Å². The molecule has 1 aliphatic rings. The molecular weight excluding hydrogens is 400 g/mol. The molecule has 0 atom stereocenters. The number of fused-ring (bicyclic) bond motifs is 1. The molecule has 2 N–H and O–H groups in total. The molecule has 2 aromatic rings. The van der Waals surface area contributed by atoms with Crippen LogP contribution in [0.25, 0.3) is 0 Å². The van der Waals surface area contributed by atoms with E-state index in [-0.39, 0.29) is 28.7 Å². The van der Waals surface area contributed by atoms with Crippen molar-refractivity contribution < 1.29 is 22.7 Å². The van der Waals surface area contributed by atoms with Crippen LogP contribution in [0.2, 0.25) is 0 Å². The van der Waals surface area contributed by atoms with Crippen LogP contribution in [0.15, 0.2) is 52.3 Å². The molecular formula is C19H20N2O5S2. The van der Waals surface area contributed by atoms with Crippen molar-refractivity contribution in [1.82, 2.24) is 0 Å². The fourth-order valence-corrected chi connectivity index (χ4v) is 4.84. The van der Waals surface area contributed by atoms with E-state index in [1.54, 1.807) is 30.3 Å². The van der Waals surface area contributed by atoms with Crippen LogP contribution in [0, 0.1) is 0 Å². The molecule has 0 aliphatic carbocycles. The Morgan fingerprint density at radius 2 is 2.04 bits per heavy atom. The first-order valence-electron chi connectivity index (χ1n) is 8.70. The molecule has 0 radical (unpaired) electrons. The Labute approximate surface area is 167 Å². The quantitative estimate of drug-likeness (QED) is 0.714. The summed E-state index contributed by atoms with van der Waals surface area (Å²) in [6, 6.07) is 11.6. The SMILES string of the molecule is CCOc1ccccc1NC(=O)CCS(=O)(=O)c1ccc2c(c1)SCC(=O)N2. The molecule has 2 amide bonds. The lowest BCUT2D eigenvalue weighted by Gasteiger charge is -2.17. The Kier molecular flexibility index (Phi) is 6.25. The van der Waals surface area contributed by atoms with Crippen molar-refractivity contribution in [2.75, 3.05) is 28.7 Å². The number of carbonyl (C=O) groups excluding carboxylic acids is 2. The van der Waals surface area contributed by atoms with Crippen LogP contribution in [0.3, 0.4) is 0 Å². The Bertz CT molecular complexity index is 1010. The first-order chi connectivity index (χ1) is 13.4. The third-order valence-electron chi connectivity index (χ3n) is 4.00. The van der Waals surface area contributed by atoms with Gasteiger partial charge in [-0.3, -0.25) is 9.59 Å². The van der Waals surface area contributed by atoms with Crippen LogP contribution in [-0.2, 0) is 19.4 Å². The topological polar surface area (TPSA) is 102 Å². The molecule has 28 heavy (non-hydrogen) atoms. The number of carbonyl (C=O) groups is 2. The maximum atomic E-state index is 12.6. The van der Waals surface area contributed by atoms with E-state index < -0.39 is 15.7 Å². The summed E-state index contributed by atoms with van der Waals surface area (Å²) in [4.78, 5) is 24.5.